The van der Waals surface area contributed by atoms with Crippen LogP contribution in [0, 0.1) is 12.7 Å². The van der Waals surface area contributed by atoms with E-state index < -0.39 is 34.3 Å². The van der Waals surface area contributed by atoms with Crippen LogP contribution >= 0.6 is 11.6 Å². The molecule has 236 valence electrons. The molecule has 4 aromatic carbocycles. The summed E-state index contributed by atoms with van der Waals surface area (Å²) in [6.07, 6.45) is 1.80. The highest BCUT2D eigenvalue weighted by Gasteiger charge is 2.35. The molecule has 1 N–H and O–H groups in total. The molecule has 1 atom stereocenters. The Balaban J connectivity index is 1.79. The van der Waals surface area contributed by atoms with Crippen molar-refractivity contribution in [1.82, 2.24) is 10.2 Å². The van der Waals surface area contributed by atoms with Crippen LogP contribution in [0.1, 0.15) is 36.5 Å². The maximum atomic E-state index is 15.2. The standard InChI is InChI=1S/C35H37ClFN3O4S/c1-3-4-22-38-35(42)33(23-27-10-6-5-7-11-27)39(24-28-16-18-29(36)19-17-28)34(41)25-40(32-13-9-8-12-31(32)37)45(43,44)30-20-14-26(2)15-21-30/h5-21,33H,3-4,22-25H2,1-2H3,(H,38,42)/t33-/m0/s1. The van der Waals surface area contributed by atoms with E-state index in [1.54, 1.807) is 36.4 Å². The Morgan fingerprint density at radius 3 is 2.16 bits per heavy atom. The van der Waals surface area contributed by atoms with Gasteiger partial charge >= 0.3 is 0 Å². The predicted molar refractivity (Wildman–Crippen MR) is 176 cm³/mol. The first-order chi connectivity index (χ1) is 21.6. The molecule has 0 spiro atoms. The molecule has 4 aromatic rings. The average Bonchev–Trinajstić information content (AvgIpc) is 3.03. The molecule has 45 heavy (non-hydrogen) atoms. The summed E-state index contributed by atoms with van der Waals surface area (Å²) >= 11 is 6.12. The molecule has 0 unspecified atom stereocenters. The minimum Gasteiger partial charge on any atom is -0.354 e. The van der Waals surface area contributed by atoms with E-state index in [9.17, 15) is 18.0 Å². The predicted octanol–water partition coefficient (Wildman–Crippen LogP) is 6.54. The van der Waals surface area contributed by atoms with Gasteiger partial charge in [0.15, 0.2) is 0 Å². The first-order valence-electron chi connectivity index (χ1n) is 14.8. The molecule has 0 fully saturated rings. The SMILES string of the molecule is CCCCNC(=O)[C@H](Cc1ccccc1)N(Cc1ccc(Cl)cc1)C(=O)CN(c1ccccc1F)S(=O)(=O)c1ccc(C)cc1. The van der Waals surface area contributed by atoms with Gasteiger partial charge in [0.05, 0.1) is 10.6 Å². The van der Waals surface area contributed by atoms with Gasteiger partial charge in [-0.05, 0) is 60.9 Å². The number of anilines is 1. The molecule has 0 heterocycles. The summed E-state index contributed by atoms with van der Waals surface area (Å²) in [4.78, 5) is 29.4. The van der Waals surface area contributed by atoms with Gasteiger partial charge in [-0.2, -0.15) is 0 Å². The number of carbonyl (C=O) groups is 2. The summed E-state index contributed by atoms with van der Waals surface area (Å²) in [5.74, 6) is -1.84. The highest BCUT2D eigenvalue weighted by molar-refractivity contribution is 7.92. The van der Waals surface area contributed by atoms with E-state index in [0.29, 0.717) is 17.1 Å². The maximum absolute atomic E-state index is 15.2. The van der Waals surface area contributed by atoms with Gasteiger partial charge in [-0.15, -0.1) is 0 Å². The van der Waals surface area contributed by atoms with Gasteiger partial charge in [-0.25, -0.2) is 12.8 Å². The van der Waals surface area contributed by atoms with Crippen LogP contribution in [-0.2, 0) is 32.6 Å². The van der Waals surface area contributed by atoms with Crippen molar-refractivity contribution in [3.05, 3.63) is 131 Å². The summed E-state index contributed by atoms with van der Waals surface area (Å²) in [7, 11) is -4.40. The molecule has 2 amide bonds. The van der Waals surface area contributed by atoms with E-state index in [2.05, 4.69) is 5.32 Å². The first-order valence-corrected chi connectivity index (χ1v) is 16.6. The van der Waals surface area contributed by atoms with E-state index in [1.165, 1.54) is 35.2 Å². The lowest BCUT2D eigenvalue weighted by Gasteiger charge is -2.34. The topological polar surface area (TPSA) is 86.8 Å². The Hall–Kier alpha value is -4.21. The fraction of sp³-hybridized carbons (Fsp3) is 0.257. The van der Waals surface area contributed by atoms with E-state index in [1.807, 2.05) is 44.2 Å². The molecule has 10 heteroatoms. The van der Waals surface area contributed by atoms with Crippen LogP contribution in [0.3, 0.4) is 0 Å². The number of hydrogen-bond donors (Lipinski definition) is 1. The molecule has 7 nitrogen and oxygen atoms in total. The number of benzene rings is 4. The fourth-order valence-corrected chi connectivity index (χ4v) is 6.40. The highest BCUT2D eigenvalue weighted by atomic mass is 35.5. The number of sulfonamides is 1. The lowest BCUT2D eigenvalue weighted by atomic mass is 10.0. The maximum Gasteiger partial charge on any atom is 0.264 e. The largest absolute Gasteiger partial charge is 0.354 e. The normalized spacial score (nSPS) is 11.9. The number of nitrogens with one attached hydrogen (secondary N) is 1. The van der Waals surface area contributed by atoms with Crippen molar-refractivity contribution in [2.75, 3.05) is 17.4 Å². The molecule has 0 aliphatic rings. The number of halogens is 2. The van der Waals surface area contributed by atoms with E-state index in [4.69, 9.17) is 11.6 Å². The summed E-state index contributed by atoms with van der Waals surface area (Å²) in [5.41, 5.74) is 2.07. The van der Waals surface area contributed by atoms with Crippen LogP contribution in [0.4, 0.5) is 10.1 Å². The molecule has 0 aromatic heterocycles. The summed E-state index contributed by atoms with van der Waals surface area (Å²) in [5, 5.41) is 3.45. The van der Waals surface area contributed by atoms with Crippen molar-refractivity contribution in [3.63, 3.8) is 0 Å². The number of nitrogens with zero attached hydrogens (tertiary/aromatic N) is 2. The Bertz CT molecular complexity index is 1680. The van der Waals surface area contributed by atoms with Crippen LogP contribution in [0.25, 0.3) is 0 Å². The van der Waals surface area contributed by atoms with Crippen molar-refractivity contribution in [1.29, 1.82) is 0 Å². The molecule has 0 saturated carbocycles. The molecule has 4 rings (SSSR count). The first kappa shape index (κ1) is 33.7. The molecule has 0 bridgehead atoms. The van der Waals surface area contributed by atoms with Crippen LogP contribution in [0.15, 0.2) is 108 Å². The Kier molecular flexibility index (Phi) is 11.7. The number of aryl methyl sites for hydroxylation is 1. The number of rotatable bonds is 14. The monoisotopic (exact) mass is 649 g/mol. The molecule has 0 aliphatic heterocycles. The Morgan fingerprint density at radius 2 is 1.51 bits per heavy atom. The Morgan fingerprint density at radius 1 is 0.867 bits per heavy atom. The number of para-hydroxylation sites is 1. The van der Waals surface area contributed by atoms with Gasteiger partial charge in [-0.3, -0.25) is 13.9 Å². The van der Waals surface area contributed by atoms with Crippen molar-refractivity contribution < 1.29 is 22.4 Å². The van der Waals surface area contributed by atoms with E-state index >= 15 is 4.39 Å². The second kappa shape index (κ2) is 15.7. The number of carbonyl (C=O) groups excluding carboxylic acids is 2. The van der Waals surface area contributed by atoms with Crippen molar-refractivity contribution in [2.45, 2.75) is 50.6 Å². The van der Waals surface area contributed by atoms with Crippen LogP contribution in [0.5, 0.6) is 0 Å². The summed E-state index contributed by atoms with van der Waals surface area (Å²) < 4.78 is 44.0. The van der Waals surface area contributed by atoms with Gasteiger partial charge in [0.1, 0.15) is 18.4 Å². The fourth-order valence-electron chi connectivity index (χ4n) is 4.85. The minimum atomic E-state index is -4.40. The molecular formula is C35H37ClFN3O4S. The van der Waals surface area contributed by atoms with Gasteiger partial charge in [0, 0.05) is 24.5 Å². The van der Waals surface area contributed by atoms with Gasteiger partial charge in [0.2, 0.25) is 11.8 Å². The third kappa shape index (κ3) is 8.93. The van der Waals surface area contributed by atoms with Gasteiger partial charge in [0.25, 0.3) is 10.0 Å². The van der Waals surface area contributed by atoms with Crippen molar-refractivity contribution in [3.8, 4) is 0 Å². The van der Waals surface area contributed by atoms with Gasteiger partial charge < -0.3 is 10.2 Å². The zero-order valence-electron chi connectivity index (χ0n) is 25.3. The Labute approximate surface area is 269 Å². The second-order valence-electron chi connectivity index (χ2n) is 10.8. The highest BCUT2D eigenvalue weighted by Crippen LogP contribution is 2.27. The number of hydrogen-bond acceptors (Lipinski definition) is 4. The summed E-state index contributed by atoms with van der Waals surface area (Å²) in [6, 6.07) is 26.7. The van der Waals surface area contributed by atoms with Crippen molar-refractivity contribution in [2.24, 2.45) is 0 Å². The van der Waals surface area contributed by atoms with Gasteiger partial charge in [-0.1, -0.05) is 97.2 Å². The molecule has 0 aliphatic carbocycles. The number of unbranched alkanes of at least 4 members (excludes halogenated alkanes) is 1. The smallest absolute Gasteiger partial charge is 0.264 e. The lowest BCUT2D eigenvalue weighted by molar-refractivity contribution is -0.140. The lowest BCUT2D eigenvalue weighted by Crippen LogP contribution is -2.53. The second-order valence-corrected chi connectivity index (χ2v) is 13.1. The zero-order valence-corrected chi connectivity index (χ0v) is 26.9. The van der Waals surface area contributed by atoms with Crippen LogP contribution in [0.2, 0.25) is 5.02 Å². The number of amides is 2. The van der Waals surface area contributed by atoms with E-state index in [-0.39, 0.29) is 29.5 Å². The molecule has 0 saturated heterocycles. The minimum absolute atomic E-state index is 0.00953. The van der Waals surface area contributed by atoms with Crippen molar-refractivity contribution >= 4 is 39.1 Å². The average molecular weight is 650 g/mol. The van der Waals surface area contributed by atoms with E-state index in [0.717, 1.165) is 34.3 Å². The molecular weight excluding hydrogens is 613 g/mol. The zero-order chi connectivity index (χ0) is 32.4. The molecule has 0 radical (unpaired) electrons. The third-order valence-electron chi connectivity index (χ3n) is 7.38. The quantitative estimate of drug-likeness (QED) is 0.157. The third-order valence-corrected chi connectivity index (χ3v) is 9.40. The van der Waals surface area contributed by atoms with Crippen LogP contribution in [-0.4, -0.2) is 44.3 Å². The summed E-state index contributed by atoms with van der Waals surface area (Å²) in [6.45, 7) is 3.51. The van der Waals surface area contributed by atoms with Crippen LogP contribution < -0.4 is 9.62 Å².